The zero-order valence-corrected chi connectivity index (χ0v) is 10.6. The number of pyridine rings is 1. The summed E-state index contributed by atoms with van der Waals surface area (Å²) in [6.45, 7) is 0. The lowest BCUT2D eigenvalue weighted by Gasteiger charge is -2.15. The van der Waals surface area contributed by atoms with E-state index in [9.17, 15) is 0 Å². The Morgan fingerprint density at radius 3 is 2.41 bits per heavy atom. The van der Waals surface area contributed by atoms with Crippen LogP contribution in [0.3, 0.4) is 0 Å². The highest BCUT2D eigenvalue weighted by Gasteiger charge is 2.14. The fourth-order valence-corrected chi connectivity index (χ4v) is 2.42. The molecule has 0 saturated carbocycles. The fraction of sp³-hybridized carbons (Fsp3) is 0.154. The van der Waals surface area contributed by atoms with E-state index in [1.54, 1.807) is 24.5 Å². The maximum atomic E-state index is 6.13. The first kappa shape index (κ1) is 12.4. The standard InChI is InChI=1S/C13H12Cl2N2/c14-10-4-1-5-11(15)13(10)12(16)7-9-3-2-6-17-8-9/h1-6,8,12H,7,16H2. The Bertz CT molecular complexity index is 480. The molecule has 1 aromatic heterocycles. The van der Waals surface area contributed by atoms with Gasteiger partial charge in [0.1, 0.15) is 0 Å². The lowest BCUT2D eigenvalue weighted by Crippen LogP contribution is -2.14. The Morgan fingerprint density at radius 2 is 1.82 bits per heavy atom. The van der Waals surface area contributed by atoms with Crippen molar-refractivity contribution in [3.63, 3.8) is 0 Å². The molecule has 0 fully saturated rings. The minimum Gasteiger partial charge on any atom is -0.324 e. The highest BCUT2D eigenvalue weighted by atomic mass is 35.5. The van der Waals surface area contributed by atoms with Crippen molar-refractivity contribution < 1.29 is 0 Å². The zero-order chi connectivity index (χ0) is 12.3. The van der Waals surface area contributed by atoms with E-state index in [-0.39, 0.29) is 6.04 Å². The molecule has 2 aromatic rings. The summed E-state index contributed by atoms with van der Waals surface area (Å²) in [6.07, 6.45) is 4.19. The number of rotatable bonds is 3. The molecule has 1 unspecified atom stereocenters. The molecule has 0 aliphatic rings. The highest BCUT2D eigenvalue weighted by molar-refractivity contribution is 6.36. The second kappa shape index (κ2) is 5.50. The number of aromatic nitrogens is 1. The van der Waals surface area contributed by atoms with E-state index in [1.165, 1.54) is 0 Å². The lowest BCUT2D eigenvalue weighted by atomic mass is 10.0. The molecular formula is C13H12Cl2N2. The van der Waals surface area contributed by atoms with E-state index < -0.39 is 0 Å². The van der Waals surface area contributed by atoms with Gasteiger partial charge in [0.05, 0.1) is 0 Å². The predicted molar refractivity (Wildman–Crippen MR) is 71.3 cm³/mol. The summed E-state index contributed by atoms with van der Waals surface area (Å²) in [5.41, 5.74) is 7.99. The monoisotopic (exact) mass is 266 g/mol. The third-order valence-electron chi connectivity index (χ3n) is 2.55. The van der Waals surface area contributed by atoms with Gasteiger partial charge in [-0.25, -0.2) is 0 Å². The van der Waals surface area contributed by atoms with Gasteiger partial charge in [-0.05, 0) is 30.2 Å². The first-order valence-corrected chi connectivity index (χ1v) is 6.02. The second-order valence-corrected chi connectivity index (χ2v) is 4.62. The number of hydrogen-bond donors (Lipinski definition) is 1. The van der Waals surface area contributed by atoms with Crippen LogP contribution in [0.15, 0.2) is 42.7 Å². The van der Waals surface area contributed by atoms with Gasteiger partial charge in [-0.1, -0.05) is 35.3 Å². The third kappa shape index (κ3) is 2.97. The predicted octanol–water partition coefficient (Wildman–Crippen LogP) is 3.63. The van der Waals surface area contributed by atoms with E-state index in [1.807, 2.05) is 18.2 Å². The van der Waals surface area contributed by atoms with Crippen LogP contribution < -0.4 is 5.73 Å². The average Bonchev–Trinajstić information content (AvgIpc) is 2.30. The van der Waals surface area contributed by atoms with E-state index in [0.717, 1.165) is 11.1 Å². The number of halogens is 2. The summed E-state index contributed by atoms with van der Waals surface area (Å²) in [7, 11) is 0. The molecule has 17 heavy (non-hydrogen) atoms. The molecule has 0 amide bonds. The number of hydrogen-bond acceptors (Lipinski definition) is 2. The summed E-state index contributed by atoms with van der Waals surface area (Å²) >= 11 is 12.2. The second-order valence-electron chi connectivity index (χ2n) is 3.81. The molecule has 1 heterocycles. The molecule has 0 aliphatic heterocycles. The SMILES string of the molecule is NC(Cc1cccnc1)c1c(Cl)cccc1Cl. The van der Waals surface area contributed by atoms with Crippen LogP contribution in [-0.2, 0) is 6.42 Å². The van der Waals surface area contributed by atoms with E-state index >= 15 is 0 Å². The van der Waals surface area contributed by atoms with Gasteiger partial charge in [0.2, 0.25) is 0 Å². The summed E-state index contributed by atoms with van der Waals surface area (Å²) in [4.78, 5) is 4.05. The Labute approximate surface area is 110 Å². The van der Waals surface area contributed by atoms with Crippen molar-refractivity contribution in [1.29, 1.82) is 0 Å². The van der Waals surface area contributed by atoms with Gasteiger partial charge >= 0.3 is 0 Å². The number of benzene rings is 1. The Kier molecular flexibility index (Phi) is 4.00. The molecule has 2 N–H and O–H groups in total. The smallest absolute Gasteiger partial charge is 0.0468 e. The minimum atomic E-state index is -0.222. The van der Waals surface area contributed by atoms with Crippen molar-refractivity contribution in [2.24, 2.45) is 5.73 Å². The van der Waals surface area contributed by atoms with Crippen LogP contribution in [0.1, 0.15) is 17.2 Å². The maximum absolute atomic E-state index is 6.13. The highest BCUT2D eigenvalue weighted by Crippen LogP contribution is 2.30. The average molecular weight is 267 g/mol. The molecule has 0 spiro atoms. The van der Waals surface area contributed by atoms with Crippen LogP contribution in [0.4, 0.5) is 0 Å². The van der Waals surface area contributed by atoms with Crippen molar-refractivity contribution in [2.45, 2.75) is 12.5 Å². The van der Waals surface area contributed by atoms with E-state index in [0.29, 0.717) is 16.5 Å². The lowest BCUT2D eigenvalue weighted by molar-refractivity contribution is 0.720. The summed E-state index contributed by atoms with van der Waals surface area (Å²) in [5.74, 6) is 0. The number of nitrogens with zero attached hydrogens (tertiary/aromatic N) is 1. The topological polar surface area (TPSA) is 38.9 Å². The van der Waals surface area contributed by atoms with Crippen molar-refractivity contribution in [3.8, 4) is 0 Å². The summed E-state index contributed by atoms with van der Waals surface area (Å²) < 4.78 is 0. The van der Waals surface area contributed by atoms with Gasteiger partial charge in [0.25, 0.3) is 0 Å². The molecular weight excluding hydrogens is 255 g/mol. The van der Waals surface area contributed by atoms with Crippen molar-refractivity contribution in [3.05, 3.63) is 63.9 Å². The Balaban J connectivity index is 2.23. The molecule has 0 bridgehead atoms. The Morgan fingerprint density at radius 1 is 1.12 bits per heavy atom. The maximum Gasteiger partial charge on any atom is 0.0468 e. The molecule has 2 rings (SSSR count). The molecule has 1 atom stereocenters. The van der Waals surface area contributed by atoms with Crippen molar-refractivity contribution in [2.75, 3.05) is 0 Å². The normalized spacial score (nSPS) is 12.4. The van der Waals surface area contributed by atoms with Gasteiger partial charge in [-0.2, -0.15) is 0 Å². The third-order valence-corrected chi connectivity index (χ3v) is 3.21. The van der Waals surface area contributed by atoms with E-state index in [2.05, 4.69) is 4.98 Å². The van der Waals surface area contributed by atoms with Crippen LogP contribution in [-0.4, -0.2) is 4.98 Å². The fourth-order valence-electron chi connectivity index (χ4n) is 1.74. The Hall–Kier alpha value is -1.09. The van der Waals surface area contributed by atoms with Crippen LogP contribution >= 0.6 is 23.2 Å². The van der Waals surface area contributed by atoms with Gasteiger partial charge in [0.15, 0.2) is 0 Å². The molecule has 4 heteroatoms. The van der Waals surface area contributed by atoms with Crippen LogP contribution in [0, 0.1) is 0 Å². The van der Waals surface area contributed by atoms with E-state index in [4.69, 9.17) is 28.9 Å². The molecule has 0 radical (unpaired) electrons. The van der Waals surface area contributed by atoms with Gasteiger partial charge < -0.3 is 5.73 Å². The van der Waals surface area contributed by atoms with Crippen LogP contribution in [0.5, 0.6) is 0 Å². The largest absolute Gasteiger partial charge is 0.324 e. The number of nitrogens with two attached hydrogens (primary N) is 1. The zero-order valence-electron chi connectivity index (χ0n) is 9.11. The van der Waals surface area contributed by atoms with Crippen molar-refractivity contribution in [1.82, 2.24) is 4.98 Å². The first-order valence-electron chi connectivity index (χ1n) is 5.27. The molecule has 0 saturated heterocycles. The summed E-state index contributed by atoms with van der Waals surface area (Å²) in [5, 5.41) is 1.21. The quantitative estimate of drug-likeness (QED) is 0.922. The van der Waals surface area contributed by atoms with Gasteiger partial charge in [-0.3, -0.25) is 4.98 Å². The molecule has 2 nitrogen and oxygen atoms in total. The minimum absolute atomic E-state index is 0.222. The molecule has 1 aromatic carbocycles. The molecule has 0 aliphatic carbocycles. The van der Waals surface area contributed by atoms with Crippen molar-refractivity contribution >= 4 is 23.2 Å². The van der Waals surface area contributed by atoms with Gasteiger partial charge in [0, 0.05) is 34.0 Å². The van der Waals surface area contributed by atoms with Gasteiger partial charge in [-0.15, -0.1) is 0 Å². The molecule has 88 valence electrons. The van der Waals surface area contributed by atoms with Crippen LogP contribution in [0.25, 0.3) is 0 Å². The summed E-state index contributed by atoms with van der Waals surface area (Å²) in [6, 6.07) is 9.05. The van der Waals surface area contributed by atoms with Crippen LogP contribution in [0.2, 0.25) is 10.0 Å². The first-order chi connectivity index (χ1) is 8.18.